The van der Waals surface area contributed by atoms with Crippen molar-refractivity contribution in [2.24, 2.45) is 0 Å². The average molecular weight is 478 g/mol. The van der Waals surface area contributed by atoms with Gasteiger partial charge in [-0.05, 0) is 67.3 Å². The number of nitrogens with one attached hydrogen (secondary N) is 1. The summed E-state index contributed by atoms with van der Waals surface area (Å²) in [7, 11) is -3.83. The highest BCUT2D eigenvalue weighted by molar-refractivity contribution is 7.89. The van der Waals surface area contributed by atoms with Crippen molar-refractivity contribution in [2.75, 3.05) is 6.54 Å². The van der Waals surface area contributed by atoms with Crippen LogP contribution in [-0.2, 0) is 15.4 Å². The van der Waals surface area contributed by atoms with E-state index in [0.29, 0.717) is 17.4 Å². The van der Waals surface area contributed by atoms with Crippen LogP contribution in [0, 0.1) is 11.3 Å². The van der Waals surface area contributed by atoms with Crippen molar-refractivity contribution in [3.05, 3.63) is 112 Å². The minimum Gasteiger partial charge on any atom is -0.322 e. The molecule has 2 aliphatic heterocycles. The Hall–Kier alpha value is -3.27. The van der Waals surface area contributed by atoms with Crippen LogP contribution in [0.4, 0.5) is 0 Å². The second kappa shape index (κ2) is 8.93. The van der Waals surface area contributed by atoms with Crippen LogP contribution in [0.15, 0.2) is 112 Å². The molecule has 0 radical (unpaired) electrons. The number of benzene rings is 1. The molecular formula is C26H24ClN3O2S. The number of hydrogen-bond donors (Lipinski definition) is 1. The monoisotopic (exact) mass is 477 g/mol. The van der Waals surface area contributed by atoms with Crippen molar-refractivity contribution in [2.45, 2.75) is 30.6 Å². The van der Waals surface area contributed by atoms with E-state index in [2.05, 4.69) is 35.1 Å². The van der Waals surface area contributed by atoms with Crippen molar-refractivity contribution >= 4 is 21.6 Å². The Morgan fingerprint density at radius 1 is 1.09 bits per heavy atom. The quantitative estimate of drug-likeness (QED) is 0.623. The van der Waals surface area contributed by atoms with Crippen molar-refractivity contribution in [3.63, 3.8) is 0 Å². The smallest absolute Gasteiger partial charge is 0.262 e. The van der Waals surface area contributed by atoms with E-state index in [-0.39, 0.29) is 4.90 Å². The van der Waals surface area contributed by atoms with Gasteiger partial charge in [-0.25, -0.2) is 8.42 Å². The van der Waals surface area contributed by atoms with Crippen molar-refractivity contribution in [3.8, 4) is 6.07 Å². The molecule has 0 unspecified atom stereocenters. The summed E-state index contributed by atoms with van der Waals surface area (Å²) in [5.74, 6) is 0.425. The van der Waals surface area contributed by atoms with Gasteiger partial charge in [0.2, 0.25) is 0 Å². The van der Waals surface area contributed by atoms with Crippen LogP contribution >= 0.6 is 11.6 Å². The van der Waals surface area contributed by atoms with Gasteiger partial charge in [-0.2, -0.15) is 5.26 Å². The lowest BCUT2D eigenvalue weighted by molar-refractivity contribution is 0.451. The molecule has 1 N–H and O–H groups in total. The summed E-state index contributed by atoms with van der Waals surface area (Å²) in [4.78, 5) is 1.97. The van der Waals surface area contributed by atoms with Gasteiger partial charge >= 0.3 is 0 Å². The lowest BCUT2D eigenvalue weighted by Crippen LogP contribution is -2.37. The van der Waals surface area contributed by atoms with E-state index in [4.69, 9.17) is 11.6 Å². The van der Waals surface area contributed by atoms with Crippen LogP contribution in [0.1, 0.15) is 25.8 Å². The third-order valence-electron chi connectivity index (χ3n) is 5.73. The number of fused-ring (bicyclic) bond motifs is 1. The van der Waals surface area contributed by atoms with Crippen LogP contribution in [0.25, 0.3) is 0 Å². The molecule has 168 valence electrons. The Kier molecular flexibility index (Phi) is 6.20. The normalized spacial score (nSPS) is 18.1. The average Bonchev–Trinajstić information content (AvgIpc) is 3.10. The first-order valence-corrected chi connectivity index (χ1v) is 12.4. The molecule has 33 heavy (non-hydrogen) atoms. The largest absolute Gasteiger partial charge is 0.322 e. The summed E-state index contributed by atoms with van der Waals surface area (Å²) in [5, 5.41) is 9.85. The Morgan fingerprint density at radius 3 is 2.58 bits per heavy atom. The molecule has 0 spiro atoms. The van der Waals surface area contributed by atoms with Crippen molar-refractivity contribution in [1.82, 2.24) is 9.62 Å². The number of nitrogens with zero attached hydrogens (tertiary/aromatic N) is 2. The SMILES string of the molecule is CC(C)(C#N)c1ccc(S(=O)(=O)NC2=CC=C(Cl)C3=CC(C4=CCC=CC=C4)=CCN23)cc1. The minimum absolute atomic E-state index is 0.126. The fourth-order valence-corrected chi connectivity index (χ4v) is 5.01. The topological polar surface area (TPSA) is 73.2 Å². The van der Waals surface area contributed by atoms with Crippen LogP contribution in [-0.4, -0.2) is 19.9 Å². The molecule has 1 aromatic rings. The van der Waals surface area contributed by atoms with Crippen LogP contribution < -0.4 is 4.72 Å². The van der Waals surface area contributed by atoms with Gasteiger partial charge in [0.25, 0.3) is 10.0 Å². The highest BCUT2D eigenvalue weighted by atomic mass is 35.5. The second-order valence-electron chi connectivity index (χ2n) is 8.42. The lowest BCUT2D eigenvalue weighted by atomic mass is 9.87. The van der Waals surface area contributed by atoms with Gasteiger partial charge in [0.15, 0.2) is 0 Å². The number of rotatable bonds is 5. The van der Waals surface area contributed by atoms with Crippen LogP contribution in [0.3, 0.4) is 0 Å². The van der Waals surface area contributed by atoms with E-state index in [0.717, 1.165) is 28.8 Å². The molecule has 0 fully saturated rings. The summed E-state index contributed by atoms with van der Waals surface area (Å²) in [6.45, 7) is 4.07. The van der Waals surface area contributed by atoms with Gasteiger partial charge in [0, 0.05) is 6.54 Å². The minimum atomic E-state index is -3.83. The molecule has 0 atom stereocenters. The molecule has 7 heteroatoms. The lowest BCUT2D eigenvalue weighted by Gasteiger charge is -2.34. The molecular weight excluding hydrogens is 454 g/mol. The molecule has 1 aliphatic carbocycles. The van der Waals surface area contributed by atoms with E-state index in [1.54, 1.807) is 38.1 Å². The predicted molar refractivity (Wildman–Crippen MR) is 131 cm³/mol. The zero-order chi connectivity index (χ0) is 23.6. The maximum atomic E-state index is 13.1. The summed E-state index contributed by atoms with van der Waals surface area (Å²) in [6, 6.07) is 8.61. The molecule has 5 nitrogen and oxygen atoms in total. The zero-order valence-electron chi connectivity index (χ0n) is 18.4. The standard InChI is InChI=1S/C26H24ClN3O2S/c1-26(2,18-28)21-9-11-22(12-10-21)33(31,32)29-25-14-13-23(27)24-17-20(15-16-30(24)25)19-7-5-3-4-6-8-19/h3-5,7-15,17,29H,6,16H2,1-2H3. The van der Waals surface area contributed by atoms with Gasteiger partial charge in [0.1, 0.15) is 5.82 Å². The fourth-order valence-electron chi connectivity index (χ4n) is 3.72. The summed E-state index contributed by atoms with van der Waals surface area (Å²) >= 11 is 6.48. The predicted octanol–water partition coefficient (Wildman–Crippen LogP) is 5.31. The summed E-state index contributed by atoms with van der Waals surface area (Å²) in [5.41, 5.74) is 2.96. The van der Waals surface area contributed by atoms with Gasteiger partial charge in [-0.3, -0.25) is 4.72 Å². The molecule has 1 aromatic carbocycles. The van der Waals surface area contributed by atoms with Crippen molar-refractivity contribution in [1.29, 1.82) is 5.26 Å². The van der Waals surface area contributed by atoms with Crippen molar-refractivity contribution < 1.29 is 8.42 Å². The number of hydrogen-bond acceptors (Lipinski definition) is 4. The molecule has 0 saturated heterocycles. The van der Waals surface area contributed by atoms with E-state index < -0.39 is 15.4 Å². The fraction of sp³-hybridized carbons (Fsp3) is 0.192. The molecule has 4 rings (SSSR count). The molecule has 0 bridgehead atoms. The highest BCUT2D eigenvalue weighted by Crippen LogP contribution is 2.34. The molecule has 0 saturated carbocycles. The van der Waals surface area contributed by atoms with Gasteiger partial charge < -0.3 is 4.90 Å². The van der Waals surface area contributed by atoms with Gasteiger partial charge in [0.05, 0.1) is 27.1 Å². The van der Waals surface area contributed by atoms with Crippen LogP contribution in [0.5, 0.6) is 0 Å². The Bertz CT molecular complexity index is 1330. The molecule has 2 heterocycles. The maximum absolute atomic E-state index is 13.1. The summed E-state index contributed by atoms with van der Waals surface area (Å²) in [6.07, 6.45) is 18.6. The third-order valence-corrected chi connectivity index (χ3v) is 7.42. The number of sulfonamides is 1. The highest BCUT2D eigenvalue weighted by Gasteiger charge is 2.27. The van der Waals surface area contributed by atoms with E-state index in [9.17, 15) is 13.7 Å². The molecule has 0 aromatic heterocycles. The van der Waals surface area contributed by atoms with Gasteiger partial charge in [-0.15, -0.1) is 0 Å². The Balaban J connectivity index is 1.57. The third kappa shape index (κ3) is 4.75. The maximum Gasteiger partial charge on any atom is 0.262 e. The first-order valence-electron chi connectivity index (χ1n) is 10.6. The number of allylic oxidation sites excluding steroid dienone is 11. The first kappa shape index (κ1) is 22.9. The first-order chi connectivity index (χ1) is 15.7. The van der Waals surface area contributed by atoms with E-state index >= 15 is 0 Å². The Labute approximate surface area is 200 Å². The van der Waals surface area contributed by atoms with Gasteiger partial charge in [-0.1, -0.05) is 60.2 Å². The number of nitriles is 1. The number of halogens is 1. The van der Waals surface area contributed by atoms with E-state index in [1.165, 1.54) is 12.1 Å². The zero-order valence-corrected chi connectivity index (χ0v) is 20.0. The molecule has 3 aliphatic rings. The second-order valence-corrected chi connectivity index (χ2v) is 10.5. The van der Waals surface area contributed by atoms with Crippen LogP contribution in [0.2, 0.25) is 0 Å². The van der Waals surface area contributed by atoms with E-state index in [1.807, 2.05) is 23.1 Å². The summed E-state index contributed by atoms with van der Waals surface area (Å²) < 4.78 is 28.8. The molecule has 0 amide bonds. The Morgan fingerprint density at radius 2 is 1.85 bits per heavy atom.